The van der Waals surface area contributed by atoms with E-state index >= 15 is 0 Å². The summed E-state index contributed by atoms with van der Waals surface area (Å²) in [4.78, 5) is 24.9. The first-order valence-electron chi connectivity index (χ1n) is 11.2. The lowest BCUT2D eigenvalue weighted by molar-refractivity contribution is -0.113. The minimum absolute atomic E-state index is 0.0186. The SMILES string of the molecule is CC(=O)c1cc2c(cc1NC(=O)CSc1nnc(-c3ccc(F)cc3)n1C[C@H]1CCCO1)OCO2. The molecular weight excluding hydrogens is 475 g/mol. The second-order valence-corrected chi connectivity index (χ2v) is 9.15. The molecule has 1 saturated heterocycles. The van der Waals surface area contributed by atoms with Crippen LogP contribution in [-0.4, -0.2) is 51.7 Å². The lowest BCUT2D eigenvalue weighted by atomic mass is 10.1. The number of halogens is 1. The second-order valence-electron chi connectivity index (χ2n) is 8.20. The molecule has 35 heavy (non-hydrogen) atoms. The molecule has 0 radical (unpaired) electrons. The summed E-state index contributed by atoms with van der Waals surface area (Å²) in [5.74, 6) is 0.713. The summed E-state index contributed by atoms with van der Waals surface area (Å²) in [5.41, 5.74) is 1.42. The Morgan fingerprint density at radius 3 is 2.66 bits per heavy atom. The number of benzene rings is 2. The van der Waals surface area contributed by atoms with Crippen molar-refractivity contribution < 1.29 is 28.2 Å². The van der Waals surface area contributed by atoms with Crippen molar-refractivity contribution in [2.75, 3.05) is 24.5 Å². The zero-order valence-electron chi connectivity index (χ0n) is 19.0. The van der Waals surface area contributed by atoms with Gasteiger partial charge in [-0.1, -0.05) is 11.8 Å². The molecule has 5 rings (SSSR count). The van der Waals surface area contributed by atoms with Crippen LogP contribution in [-0.2, 0) is 16.1 Å². The van der Waals surface area contributed by atoms with Gasteiger partial charge in [0, 0.05) is 23.8 Å². The lowest BCUT2D eigenvalue weighted by Gasteiger charge is -2.15. The Hall–Kier alpha value is -3.44. The molecule has 9 nitrogen and oxygen atoms in total. The molecule has 1 atom stereocenters. The fraction of sp³-hybridized carbons (Fsp3) is 0.333. The van der Waals surface area contributed by atoms with Gasteiger partial charge in [-0.15, -0.1) is 10.2 Å². The smallest absolute Gasteiger partial charge is 0.234 e. The maximum atomic E-state index is 13.4. The number of ketones is 1. The lowest BCUT2D eigenvalue weighted by Crippen LogP contribution is -2.19. The van der Waals surface area contributed by atoms with Crippen molar-refractivity contribution in [3.05, 3.63) is 47.8 Å². The third-order valence-corrected chi connectivity index (χ3v) is 6.69. The minimum Gasteiger partial charge on any atom is -0.454 e. The van der Waals surface area contributed by atoms with E-state index in [4.69, 9.17) is 14.2 Å². The van der Waals surface area contributed by atoms with E-state index in [0.717, 1.165) is 18.4 Å². The predicted molar refractivity (Wildman–Crippen MR) is 126 cm³/mol. The number of anilines is 1. The van der Waals surface area contributed by atoms with Crippen molar-refractivity contribution >= 4 is 29.1 Å². The Kier molecular flexibility index (Phi) is 6.69. The molecule has 2 aromatic carbocycles. The van der Waals surface area contributed by atoms with E-state index in [9.17, 15) is 14.0 Å². The van der Waals surface area contributed by atoms with Crippen molar-refractivity contribution in [3.8, 4) is 22.9 Å². The first-order chi connectivity index (χ1) is 17.0. The first kappa shape index (κ1) is 23.3. The molecule has 1 N–H and O–H groups in total. The largest absolute Gasteiger partial charge is 0.454 e. The summed E-state index contributed by atoms with van der Waals surface area (Å²) in [6.07, 6.45) is 1.92. The fourth-order valence-electron chi connectivity index (χ4n) is 4.02. The van der Waals surface area contributed by atoms with E-state index in [0.29, 0.717) is 46.9 Å². The number of ether oxygens (including phenoxy) is 3. The molecule has 3 heterocycles. The molecule has 3 aromatic rings. The van der Waals surface area contributed by atoms with Crippen LogP contribution in [0.5, 0.6) is 11.5 Å². The summed E-state index contributed by atoms with van der Waals surface area (Å²) in [6.45, 7) is 2.72. The van der Waals surface area contributed by atoms with Gasteiger partial charge in [-0.05, 0) is 50.1 Å². The Balaban J connectivity index is 1.33. The van der Waals surface area contributed by atoms with E-state index in [1.807, 2.05) is 4.57 Å². The van der Waals surface area contributed by atoms with E-state index in [1.165, 1.54) is 30.8 Å². The Labute approximate surface area is 205 Å². The van der Waals surface area contributed by atoms with Crippen LogP contribution in [0.25, 0.3) is 11.4 Å². The van der Waals surface area contributed by atoms with Crippen LogP contribution in [0, 0.1) is 5.82 Å². The molecular formula is C24H23FN4O5S. The van der Waals surface area contributed by atoms with E-state index in [2.05, 4.69) is 15.5 Å². The Morgan fingerprint density at radius 2 is 1.94 bits per heavy atom. The maximum Gasteiger partial charge on any atom is 0.234 e. The number of aromatic nitrogens is 3. The molecule has 2 aliphatic heterocycles. The number of carbonyl (C=O) groups is 2. The zero-order valence-corrected chi connectivity index (χ0v) is 19.8. The molecule has 0 spiro atoms. The molecule has 0 saturated carbocycles. The Morgan fingerprint density at radius 1 is 1.17 bits per heavy atom. The van der Waals surface area contributed by atoms with Gasteiger partial charge < -0.3 is 19.5 Å². The average Bonchev–Trinajstić information content (AvgIpc) is 3.59. The predicted octanol–water partition coefficient (Wildman–Crippen LogP) is 3.93. The highest BCUT2D eigenvalue weighted by Gasteiger charge is 2.24. The third-order valence-electron chi connectivity index (χ3n) is 5.73. The van der Waals surface area contributed by atoms with Crippen molar-refractivity contribution in [3.63, 3.8) is 0 Å². The number of Topliss-reactive ketones (excluding diaryl/α,β-unsaturated/α-hetero) is 1. The summed E-state index contributed by atoms with van der Waals surface area (Å²) in [5, 5.41) is 11.9. The molecule has 11 heteroatoms. The van der Waals surface area contributed by atoms with Crippen LogP contribution in [0.15, 0.2) is 41.6 Å². The molecule has 1 fully saturated rings. The van der Waals surface area contributed by atoms with Gasteiger partial charge in [-0.25, -0.2) is 4.39 Å². The van der Waals surface area contributed by atoms with E-state index < -0.39 is 0 Å². The number of fused-ring (bicyclic) bond motifs is 1. The summed E-state index contributed by atoms with van der Waals surface area (Å²) >= 11 is 1.22. The Bertz CT molecular complexity index is 1260. The van der Waals surface area contributed by atoms with Gasteiger partial charge in [-0.3, -0.25) is 14.2 Å². The first-order valence-corrected chi connectivity index (χ1v) is 12.1. The normalized spacial score (nSPS) is 16.5. The van der Waals surface area contributed by atoms with Crippen LogP contribution >= 0.6 is 11.8 Å². The van der Waals surface area contributed by atoms with Crippen LogP contribution in [0.1, 0.15) is 30.1 Å². The van der Waals surface area contributed by atoms with Crippen molar-refractivity contribution in [2.24, 2.45) is 0 Å². The van der Waals surface area contributed by atoms with Gasteiger partial charge in [0.05, 0.1) is 24.1 Å². The maximum absolute atomic E-state index is 13.4. The molecule has 1 amide bonds. The van der Waals surface area contributed by atoms with Gasteiger partial charge in [0.25, 0.3) is 0 Å². The van der Waals surface area contributed by atoms with Gasteiger partial charge in [0.1, 0.15) is 5.82 Å². The highest BCUT2D eigenvalue weighted by Crippen LogP contribution is 2.37. The van der Waals surface area contributed by atoms with E-state index in [-0.39, 0.29) is 36.2 Å². The van der Waals surface area contributed by atoms with Crippen LogP contribution in [0.2, 0.25) is 0 Å². The van der Waals surface area contributed by atoms with Gasteiger partial charge >= 0.3 is 0 Å². The molecule has 2 aliphatic rings. The molecule has 0 unspecified atom stereocenters. The fourth-order valence-corrected chi connectivity index (χ4v) is 4.77. The standard InChI is InChI=1S/C24H23FN4O5S/c1-14(30)18-9-20-21(34-13-33-20)10-19(18)26-22(31)12-35-24-28-27-23(15-4-6-16(25)7-5-15)29(24)11-17-3-2-8-32-17/h4-7,9-10,17H,2-3,8,11-13H2,1H3,(H,26,31)/t17-/m1/s1. The second kappa shape index (κ2) is 10.0. The van der Waals surface area contributed by atoms with Crippen molar-refractivity contribution in [2.45, 2.75) is 37.6 Å². The minimum atomic E-state index is -0.335. The van der Waals surface area contributed by atoms with Gasteiger partial charge in [0.15, 0.2) is 28.3 Å². The van der Waals surface area contributed by atoms with Crippen molar-refractivity contribution in [1.82, 2.24) is 14.8 Å². The quantitative estimate of drug-likeness (QED) is 0.368. The summed E-state index contributed by atoms with van der Waals surface area (Å²) < 4.78 is 31.8. The number of thioether (sulfide) groups is 1. The van der Waals surface area contributed by atoms with Crippen molar-refractivity contribution in [1.29, 1.82) is 0 Å². The average molecular weight is 499 g/mol. The molecule has 0 aliphatic carbocycles. The highest BCUT2D eigenvalue weighted by atomic mass is 32.2. The number of hydrogen-bond acceptors (Lipinski definition) is 8. The monoisotopic (exact) mass is 498 g/mol. The molecule has 0 bridgehead atoms. The summed E-state index contributed by atoms with van der Waals surface area (Å²) in [7, 11) is 0. The molecule has 182 valence electrons. The zero-order chi connectivity index (χ0) is 24.4. The highest BCUT2D eigenvalue weighted by molar-refractivity contribution is 7.99. The number of hydrogen-bond donors (Lipinski definition) is 1. The summed E-state index contributed by atoms with van der Waals surface area (Å²) in [6, 6.07) is 9.21. The third kappa shape index (κ3) is 5.15. The number of nitrogens with zero attached hydrogens (tertiary/aromatic N) is 3. The van der Waals surface area contributed by atoms with Crippen LogP contribution in [0.3, 0.4) is 0 Å². The van der Waals surface area contributed by atoms with Gasteiger partial charge in [-0.2, -0.15) is 0 Å². The number of nitrogens with one attached hydrogen (secondary N) is 1. The number of rotatable bonds is 8. The van der Waals surface area contributed by atoms with Gasteiger partial charge in [0.2, 0.25) is 12.7 Å². The van der Waals surface area contributed by atoms with E-state index in [1.54, 1.807) is 24.3 Å². The number of amides is 1. The van der Waals surface area contributed by atoms with Crippen LogP contribution < -0.4 is 14.8 Å². The van der Waals surface area contributed by atoms with Crippen LogP contribution in [0.4, 0.5) is 10.1 Å². The topological polar surface area (TPSA) is 105 Å². The number of carbonyl (C=O) groups excluding carboxylic acids is 2. The molecule has 1 aromatic heterocycles.